The van der Waals surface area contributed by atoms with Crippen LogP contribution in [0.15, 0.2) is 24.3 Å². The number of aromatic amines is 1. The third kappa shape index (κ3) is 4.81. The summed E-state index contributed by atoms with van der Waals surface area (Å²) in [6.45, 7) is 4.93. The number of carbonyl (C=O) groups is 4. The number of hydrogen-bond acceptors (Lipinski definition) is 4. The van der Waals surface area contributed by atoms with Gasteiger partial charge >= 0.3 is 5.97 Å². The van der Waals surface area contributed by atoms with E-state index in [9.17, 15) is 19.2 Å². The second-order valence-electron chi connectivity index (χ2n) is 6.11. The Kier molecular flexibility index (Phi) is 6.12. The first kappa shape index (κ1) is 19.9. The van der Waals surface area contributed by atoms with Gasteiger partial charge in [0.25, 0.3) is 11.8 Å². The summed E-state index contributed by atoms with van der Waals surface area (Å²) in [6, 6.07) is 6.20. The molecule has 8 nitrogen and oxygen atoms in total. The molecule has 0 aliphatic carbocycles. The van der Waals surface area contributed by atoms with E-state index in [4.69, 9.17) is 5.11 Å². The molecule has 0 atom stereocenters. The van der Waals surface area contributed by atoms with Crippen LogP contribution in [-0.4, -0.2) is 40.2 Å². The minimum atomic E-state index is -0.990. The molecule has 8 heteroatoms. The van der Waals surface area contributed by atoms with E-state index in [1.165, 1.54) is 19.1 Å². The summed E-state index contributed by atoms with van der Waals surface area (Å²) in [5, 5.41) is 13.8. The number of aliphatic carboxylic acids is 1. The van der Waals surface area contributed by atoms with Gasteiger partial charge < -0.3 is 20.7 Å². The minimum Gasteiger partial charge on any atom is -0.481 e. The summed E-state index contributed by atoms with van der Waals surface area (Å²) in [5.74, 6) is -1.88. The Labute approximate surface area is 156 Å². The molecule has 1 heterocycles. The molecular formula is C19H21N3O5. The lowest BCUT2D eigenvalue weighted by Gasteiger charge is -2.07. The van der Waals surface area contributed by atoms with Crippen molar-refractivity contribution in [1.82, 2.24) is 10.3 Å². The number of rotatable bonds is 7. The number of anilines is 1. The molecule has 1 aromatic heterocycles. The van der Waals surface area contributed by atoms with Crippen molar-refractivity contribution in [3.8, 4) is 0 Å². The first-order valence-electron chi connectivity index (χ1n) is 8.32. The van der Waals surface area contributed by atoms with Gasteiger partial charge in [-0.2, -0.15) is 0 Å². The van der Waals surface area contributed by atoms with Crippen LogP contribution < -0.4 is 10.6 Å². The highest BCUT2D eigenvalue weighted by atomic mass is 16.4. The molecule has 0 aliphatic rings. The van der Waals surface area contributed by atoms with Crippen molar-refractivity contribution in [2.45, 2.75) is 27.2 Å². The molecule has 4 N–H and O–H groups in total. The van der Waals surface area contributed by atoms with E-state index in [2.05, 4.69) is 15.6 Å². The number of hydrogen-bond donors (Lipinski definition) is 4. The summed E-state index contributed by atoms with van der Waals surface area (Å²) < 4.78 is 0. The van der Waals surface area contributed by atoms with Crippen molar-refractivity contribution < 1.29 is 24.3 Å². The predicted molar refractivity (Wildman–Crippen MR) is 99.3 cm³/mol. The number of carboxylic acid groups (broad SMARTS) is 1. The van der Waals surface area contributed by atoms with Crippen molar-refractivity contribution in [2.24, 2.45) is 0 Å². The van der Waals surface area contributed by atoms with Gasteiger partial charge in [0.15, 0.2) is 5.78 Å². The van der Waals surface area contributed by atoms with Gasteiger partial charge in [0, 0.05) is 29.1 Å². The maximum Gasteiger partial charge on any atom is 0.305 e. The first-order valence-corrected chi connectivity index (χ1v) is 8.32. The Morgan fingerprint density at radius 3 is 2.19 bits per heavy atom. The summed E-state index contributed by atoms with van der Waals surface area (Å²) in [6.07, 6.45) is -0.156. The molecule has 0 saturated heterocycles. The Bertz CT molecular complexity index is 897. The van der Waals surface area contributed by atoms with Crippen molar-refractivity contribution in [2.75, 3.05) is 11.9 Å². The maximum absolute atomic E-state index is 12.5. The van der Waals surface area contributed by atoms with Gasteiger partial charge in [0.1, 0.15) is 5.69 Å². The zero-order chi connectivity index (χ0) is 20.1. The molecule has 0 radical (unpaired) electrons. The van der Waals surface area contributed by atoms with Gasteiger partial charge in [-0.05, 0) is 50.6 Å². The molecule has 27 heavy (non-hydrogen) atoms. The lowest BCUT2D eigenvalue weighted by molar-refractivity contribution is -0.136. The van der Waals surface area contributed by atoms with E-state index in [0.717, 1.165) is 0 Å². The minimum absolute atomic E-state index is 0.0383. The SMILES string of the molecule is CC(=O)c1c(C)[nH]c(C(=O)Nc2ccc(C(=O)NCCC(=O)O)cc2)c1C. The van der Waals surface area contributed by atoms with Crippen LogP contribution in [0.3, 0.4) is 0 Å². The van der Waals surface area contributed by atoms with Crippen LogP contribution in [0.1, 0.15) is 55.8 Å². The predicted octanol–water partition coefficient (Wildman–Crippen LogP) is 2.29. The monoisotopic (exact) mass is 371 g/mol. The molecule has 2 amide bonds. The second-order valence-corrected chi connectivity index (χ2v) is 6.11. The van der Waals surface area contributed by atoms with E-state index >= 15 is 0 Å². The molecule has 0 bridgehead atoms. The molecule has 0 unspecified atom stereocenters. The van der Waals surface area contributed by atoms with E-state index in [1.807, 2.05) is 0 Å². The lowest BCUT2D eigenvalue weighted by atomic mass is 10.1. The third-order valence-corrected chi connectivity index (χ3v) is 4.05. The van der Waals surface area contributed by atoms with E-state index in [1.54, 1.807) is 26.0 Å². The average Bonchev–Trinajstić information content (AvgIpc) is 2.89. The molecule has 0 saturated carbocycles. The fourth-order valence-corrected chi connectivity index (χ4v) is 2.79. The number of aryl methyl sites for hydroxylation is 1. The van der Waals surface area contributed by atoms with Crippen molar-refractivity contribution in [1.29, 1.82) is 0 Å². The second kappa shape index (κ2) is 8.31. The zero-order valence-electron chi connectivity index (χ0n) is 15.3. The average molecular weight is 371 g/mol. The van der Waals surface area contributed by atoms with Crippen molar-refractivity contribution >= 4 is 29.3 Å². The van der Waals surface area contributed by atoms with Crippen LogP contribution >= 0.6 is 0 Å². The molecule has 0 aliphatic heterocycles. The van der Waals surface area contributed by atoms with Crippen LogP contribution in [0.25, 0.3) is 0 Å². The number of ketones is 1. The molecule has 0 spiro atoms. The fourth-order valence-electron chi connectivity index (χ4n) is 2.79. The fraction of sp³-hybridized carbons (Fsp3) is 0.263. The number of carboxylic acids is 1. The van der Waals surface area contributed by atoms with E-state index < -0.39 is 11.9 Å². The molecule has 2 aromatic rings. The molecule has 2 rings (SSSR count). The summed E-state index contributed by atoms with van der Waals surface area (Å²) in [7, 11) is 0. The Morgan fingerprint density at radius 1 is 1.04 bits per heavy atom. The smallest absolute Gasteiger partial charge is 0.305 e. The number of nitrogens with one attached hydrogen (secondary N) is 3. The number of H-pyrrole nitrogens is 1. The van der Waals surface area contributed by atoms with Crippen LogP contribution in [0.2, 0.25) is 0 Å². The van der Waals surface area contributed by atoms with Crippen LogP contribution in [0.4, 0.5) is 5.69 Å². The highest BCUT2D eigenvalue weighted by Gasteiger charge is 2.19. The Hall–Kier alpha value is -3.42. The van der Waals surface area contributed by atoms with Crippen LogP contribution in [-0.2, 0) is 4.79 Å². The van der Waals surface area contributed by atoms with E-state index in [0.29, 0.717) is 33.8 Å². The largest absolute Gasteiger partial charge is 0.481 e. The quantitative estimate of drug-likeness (QED) is 0.555. The maximum atomic E-state index is 12.5. The standard InChI is InChI=1S/C19H21N3O5/c1-10-16(12(3)23)11(2)21-17(10)19(27)22-14-6-4-13(5-7-14)18(26)20-9-8-15(24)25/h4-7,21H,8-9H2,1-3H3,(H,20,26)(H,22,27)(H,24,25). The van der Waals surface area contributed by atoms with Crippen LogP contribution in [0, 0.1) is 13.8 Å². The van der Waals surface area contributed by atoms with Gasteiger partial charge in [-0.1, -0.05) is 0 Å². The summed E-state index contributed by atoms with van der Waals surface area (Å²) in [4.78, 5) is 49.4. The van der Waals surface area contributed by atoms with Gasteiger partial charge in [0.2, 0.25) is 0 Å². The molecule has 142 valence electrons. The highest BCUT2D eigenvalue weighted by Crippen LogP contribution is 2.20. The number of aromatic nitrogens is 1. The first-order chi connectivity index (χ1) is 12.7. The lowest BCUT2D eigenvalue weighted by Crippen LogP contribution is -2.25. The molecular weight excluding hydrogens is 350 g/mol. The topological polar surface area (TPSA) is 128 Å². The third-order valence-electron chi connectivity index (χ3n) is 4.05. The molecule has 1 aromatic carbocycles. The van der Waals surface area contributed by atoms with Gasteiger partial charge in [0.05, 0.1) is 6.42 Å². The van der Waals surface area contributed by atoms with Crippen LogP contribution in [0.5, 0.6) is 0 Å². The normalized spacial score (nSPS) is 10.3. The number of Topliss-reactive ketones (excluding diaryl/α,β-unsaturated/α-hetero) is 1. The van der Waals surface area contributed by atoms with Gasteiger partial charge in [-0.25, -0.2) is 0 Å². The molecule has 0 fully saturated rings. The summed E-state index contributed by atoms with van der Waals surface area (Å²) >= 11 is 0. The van der Waals surface area contributed by atoms with Crippen molar-refractivity contribution in [3.63, 3.8) is 0 Å². The van der Waals surface area contributed by atoms with Gasteiger partial charge in [-0.15, -0.1) is 0 Å². The summed E-state index contributed by atoms with van der Waals surface area (Å²) in [5.41, 5.74) is 2.88. The van der Waals surface area contributed by atoms with Crippen molar-refractivity contribution in [3.05, 3.63) is 52.3 Å². The highest BCUT2D eigenvalue weighted by molar-refractivity contribution is 6.07. The van der Waals surface area contributed by atoms with Gasteiger partial charge in [-0.3, -0.25) is 19.2 Å². The Balaban J connectivity index is 2.05. The number of carbonyl (C=O) groups excluding carboxylic acids is 3. The Morgan fingerprint density at radius 2 is 1.67 bits per heavy atom. The number of amides is 2. The van der Waals surface area contributed by atoms with E-state index in [-0.39, 0.29) is 24.7 Å². The zero-order valence-corrected chi connectivity index (χ0v) is 15.3. The number of benzene rings is 1.